The Morgan fingerprint density at radius 2 is 1.89 bits per heavy atom. The highest BCUT2D eigenvalue weighted by atomic mass is 79.9. The molecule has 18 heavy (non-hydrogen) atoms. The van der Waals surface area contributed by atoms with Crippen LogP contribution in [-0.2, 0) is 0 Å². The molecule has 0 spiro atoms. The summed E-state index contributed by atoms with van der Waals surface area (Å²) in [6, 6.07) is 4.38. The molecule has 1 aromatic carbocycles. The maximum absolute atomic E-state index is 13.7. The van der Waals surface area contributed by atoms with Crippen molar-refractivity contribution >= 4 is 21.8 Å². The van der Waals surface area contributed by atoms with Crippen molar-refractivity contribution < 1.29 is 18.0 Å². The zero-order valence-electron chi connectivity index (χ0n) is 9.43. The van der Waals surface area contributed by atoms with E-state index in [1.165, 1.54) is 17.0 Å². The Balaban J connectivity index is 2.15. The molecule has 0 aromatic heterocycles. The Labute approximate surface area is 111 Å². The lowest BCUT2D eigenvalue weighted by atomic mass is 10.1. The molecule has 0 radical (unpaired) electrons. The predicted molar refractivity (Wildman–Crippen MR) is 64.2 cm³/mol. The van der Waals surface area contributed by atoms with Gasteiger partial charge in [-0.25, -0.2) is 13.2 Å². The second-order valence-electron chi connectivity index (χ2n) is 4.25. The van der Waals surface area contributed by atoms with Crippen molar-refractivity contribution in [1.82, 2.24) is 4.90 Å². The molecule has 2 rings (SSSR count). The first kappa shape index (κ1) is 13.4. The first-order valence-corrected chi connectivity index (χ1v) is 6.31. The molecule has 0 atom stereocenters. The number of benzene rings is 1. The van der Waals surface area contributed by atoms with Crippen LogP contribution in [0.15, 0.2) is 22.7 Å². The molecule has 1 fully saturated rings. The van der Waals surface area contributed by atoms with Crippen molar-refractivity contribution in [2.45, 2.75) is 18.8 Å². The third-order valence-electron chi connectivity index (χ3n) is 2.96. The third-order valence-corrected chi connectivity index (χ3v) is 3.58. The summed E-state index contributed by atoms with van der Waals surface area (Å²) in [5, 5.41) is 0. The van der Waals surface area contributed by atoms with Crippen LogP contribution in [0.3, 0.4) is 0 Å². The predicted octanol–water partition coefficient (Wildman–Crippen LogP) is 3.46. The van der Waals surface area contributed by atoms with Gasteiger partial charge in [0.1, 0.15) is 5.82 Å². The van der Waals surface area contributed by atoms with Crippen LogP contribution in [0.5, 0.6) is 0 Å². The molecule has 6 heteroatoms. The van der Waals surface area contributed by atoms with Crippen LogP contribution in [0.25, 0.3) is 0 Å². The first-order chi connectivity index (χ1) is 8.41. The maximum Gasteiger partial charge on any atom is 0.256 e. The molecule has 1 aliphatic rings. The zero-order valence-corrected chi connectivity index (χ0v) is 11.0. The van der Waals surface area contributed by atoms with Crippen LogP contribution in [0.1, 0.15) is 23.2 Å². The Morgan fingerprint density at radius 1 is 1.28 bits per heavy atom. The maximum atomic E-state index is 13.7. The SMILES string of the molecule is O=C(c1cccc(Br)c1F)N1CCC(F)(F)CC1. The van der Waals surface area contributed by atoms with Crippen LogP contribution < -0.4 is 0 Å². The lowest BCUT2D eigenvalue weighted by Gasteiger charge is -2.31. The number of carbonyl (C=O) groups excluding carboxylic acids is 1. The third kappa shape index (κ3) is 2.68. The van der Waals surface area contributed by atoms with Gasteiger partial charge in [-0.3, -0.25) is 4.79 Å². The summed E-state index contributed by atoms with van der Waals surface area (Å²) >= 11 is 2.99. The number of rotatable bonds is 1. The second kappa shape index (κ2) is 4.91. The number of alkyl halides is 2. The van der Waals surface area contributed by atoms with E-state index in [1.807, 2.05) is 0 Å². The molecule has 0 N–H and O–H groups in total. The van der Waals surface area contributed by atoms with Crippen molar-refractivity contribution in [3.05, 3.63) is 34.1 Å². The minimum absolute atomic E-state index is 0.0439. The smallest absolute Gasteiger partial charge is 0.256 e. The quantitative estimate of drug-likeness (QED) is 0.775. The van der Waals surface area contributed by atoms with E-state index in [0.717, 1.165) is 0 Å². The van der Waals surface area contributed by atoms with Gasteiger partial charge >= 0.3 is 0 Å². The molecule has 1 aliphatic heterocycles. The van der Waals surface area contributed by atoms with Crippen LogP contribution in [-0.4, -0.2) is 29.8 Å². The minimum Gasteiger partial charge on any atom is -0.338 e. The molecule has 1 saturated heterocycles. The summed E-state index contributed by atoms with van der Waals surface area (Å²) < 4.78 is 39.8. The summed E-state index contributed by atoms with van der Waals surface area (Å²) in [5.74, 6) is -3.91. The van der Waals surface area contributed by atoms with Crippen molar-refractivity contribution in [1.29, 1.82) is 0 Å². The lowest BCUT2D eigenvalue weighted by Crippen LogP contribution is -2.43. The largest absolute Gasteiger partial charge is 0.338 e. The monoisotopic (exact) mass is 321 g/mol. The van der Waals surface area contributed by atoms with Crippen LogP contribution in [0, 0.1) is 5.82 Å². The van der Waals surface area contributed by atoms with E-state index in [2.05, 4.69) is 15.9 Å². The number of hydrogen-bond acceptors (Lipinski definition) is 1. The molecule has 1 aromatic rings. The van der Waals surface area contributed by atoms with Crippen LogP contribution in [0.4, 0.5) is 13.2 Å². The Kier molecular flexibility index (Phi) is 3.66. The molecule has 0 unspecified atom stereocenters. The summed E-state index contributed by atoms with van der Waals surface area (Å²) in [4.78, 5) is 13.3. The van der Waals surface area contributed by atoms with E-state index >= 15 is 0 Å². The van der Waals surface area contributed by atoms with Gasteiger partial charge in [0.05, 0.1) is 10.0 Å². The fraction of sp³-hybridized carbons (Fsp3) is 0.417. The Morgan fingerprint density at radius 3 is 2.50 bits per heavy atom. The fourth-order valence-corrected chi connectivity index (χ4v) is 2.24. The minimum atomic E-state index is -2.72. The molecule has 1 heterocycles. The van der Waals surface area contributed by atoms with Gasteiger partial charge in [-0.15, -0.1) is 0 Å². The van der Waals surface area contributed by atoms with Crippen molar-refractivity contribution in [3.63, 3.8) is 0 Å². The number of likely N-dealkylation sites (tertiary alicyclic amines) is 1. The molecule has 0 saturated carbocycles. The van der Waals surface area contributed by atoms with Gasteiger partial charge in [-0.2, -0.15) is 0 Å². The summed E-state index contributed by atoms with van der Waals surface area (Å²) in [6.45, 7) is -0.0877. The normalized spacial score (nSPS) is 18.8. The number of halogens is 4. The number of hydrogen-bond donors (Lipinski definition) is 0. The van der Waals surface area contributed by atoms with Gasteiger partial charge in [0.2, 0.25) is 0 Å². The highest BCUT2D eigenvalue weighted by Crippen LogP contribution is 2.29. The first-order valence-electron chi connectivity index (χ1n) is 5.52. The summed E-state index contributed by atoms with van der Waals surface area (Å²) in [5.41, 5.74) is -0.0883. The summed E-state index contributed by atoms with van der Waals surface area (Å²) in [6.07, 6.45) is -0.733. The van der Waals surface area contributed by atoms with Gasteiger partial charge in [-0.1, -0.05) is 6.07 Å². The van der Waals surface area contributed by atoms with Crippen molar-refractivity contribution in [2.24, 2.45) is 0 Å². The molecular weight excluding hydrogens is 311 g/mol. The molecule has 0 aliphatic carbocycles. The molecule has 0 bridgehead atoms. The van der Waals surface area contributed by atoms with E-state index in [-0.39, 0.29) is 36.0 Å². The second-order valence-corrected chi connectivity index (χ2v) is 5.10. The molecule has 1 amide bonds. The standard InChI is InChI=1S/C12H11BrF3NO/c13-9-3-1-2-8(10(9)14)11(18)17-6-4-12(15,16)5-7-17/h1-3H,4-7H2. The fourth-order valence-electron chi connectivity index (χ4n) is 1.88. The van der Waals surface area contributed by atoms with Crippen molar-refractivity contribution in [3.8, 4) is 0 Å². The molecule has 2 nitrogen and oxygen atoms in total. The molecule has 98 valence electrons. The summed E-state index contributed by atoms with van der Waals surface area (Å²) in [7, 11) is 0. The number of amides is 1. The van der Waals surface area contributed by atoms with Crippen molar-refractivity contribution in [2.75, 3.05) is 13.1 Å². The van der Waals surface area contributed by atoms with E-state index in [1.54, 1.807) is 6.07 Å². The Hall–Kier alpha value is -1.04. The van der Waals surface area contributed by atoms with Gasteiger partial charge in [0.15, 0.2) is 0 Å². The van der Waals surface area contributed by atoms with E-state index < -0.39 is 17.6 Å². The number of nitrogens with zero attached hydrogens (tertiary/aromatic N) is 1. The van der Waals surface area contributed by atoms with E-state index in [9.17, 15) is 18.0 Å². The van der Waals surface area contributed by atoms with E-state index in [0.29, 0.717) is 0 Å². The van der Waals surface area contributed by atoms with Crippen LogP contribution >= 0.6 is 15.9 Å². The zero-order chi connectivity index (χ0) is 13.3. The van der Waals surface area contributed by atoms with Crippen LogP contribution in [0.2, 0.25) is 0 Å². The lowest BCUT2D eigenvalue weighted by molar-refractivity contribution is -0.0494. The highest BCUT2D eigenvalue weighted by molar-refractivity contribution is 9.10. The highest BCUT2D eigenvalue weighted by Gasteiger charge is 2.36. The van der Waals surface area contributed by atoms with Gasteiger partial charge < -0.3 is 4.90 Å². The van der Waals surface area contributed by atoms with E-state index in [4.69, 9.17) is 0 Å². The average Bonchev–Trinajstić information content (AvgIpc) is 2.32. The average molecular weight is 322 g/mol. The molecular formula is C12H11BrF3NO. The Bertz CT molecular complexity index is 468. The number of piperidine rings is 1. The number of carbonyl (C=O) groups is 1. The van der Waals surface area contributed by atoms with Gasteiger partial charge in [-0.05, 0) is 28.1 Å². The van der Waals surface area contributed by atoms with Gasteiger partial charge in [0, 0.05) is 25.9 Å². The topological polar surface area (TPSA) is 20.3 Å². The van der Waals surface area contributed by atoms with Gasteiger partial charge in [0.25, 0.3) is 11.8 Å².